The Morgan fingerprint density at radius 2 is 1.25 bits per heavy atom. The number of para-hydroxylation sites is 1. The fraction of sp³-hybridized carbons (Fsp3) is 0.571. The SMILES string of the molecule is CCCCCCCC.Oc1ccccc1.[CaH2]. The van der Waals surface area contributed by atoms with Crippen molar-refractivity contribution >= 4 is 37.7 Å². The maximum absolute atomic E-state index is 8.63. The van der Waals surface area contributed by atoms with Crippen molar-refractivity contribution in [3.8, 4) is 5.75 Å². The Hall–Kier alpha value is 0.280. The average Bonchev–Trinajstić information content (AvgIpc) is 2.27. The minimum absolute atomic E-state index is 0. The molecule has 0 amide bonds. The molecule has 0 unspecified atom stereocenters. The van der Waals surface area contributed by atoms with Gasteiger partial charge in [-0.25, -0.2) is 0 Å². The molecule has 1 aromatic carbocycles. The Balaban J connectivity index is 0. The molecular formula is C14H26CaO. The van der Waals surface area contributed by atoms with Crippen molar-refractivity contribution in [1.29, 1.82) is 0 Å². The molecule has 0 atom stereocenters. The summed E-state index contributed by atoms with van der Waals surface area (Å²) in [5.74, 6) is 0.322. The van der Waals surface area contributed by atoms with Crippen LogP contribution in [0.5, 0.6) is 5.75 Å². The second kappa shape index (κ2) is 15.3. The molecule has 0 radical (unpaired) electrons. The van der Waals surface area contributed by atoms with Crippen LogP contribution < -0.4 is 0 Å². The maximum atomic E-state index is 8.63. The molecule has 16 heavy (non-hydrogen) atoms. The van der Waals surface area contributed by atoms with Gasteiger partial charge in [0.25, 0.3) is 0 Å². The van der Waals surface area contributed by atoms with Crippen LogP contribution in [0.2, 0.25) is 0 Å². The van der Waals surface area contributed by atoms with E-state index in [1.807, 2.05) is 6.07 Å². The number of benzene rings is 1. The van der Waals surface area contributed by atoms with Crippen LogP contribution in [-0.2, 0) is 0 Å². The van der Waals surface area contributed by atoms with E-state index in [-0.39, 0.29) is 37.7 Å². The number of unbranched alkanes of at least 4 members (excludes halogenated alkanes) is 5. The molecule has 1 rings (SSSR count). The van der Waals surface area contributed by atoms with Gasteiger partial charge in [-0.3, -0.25) is 0 Å². The first-order chi connectivity index (χ1) is 7.31. The Bertz CT molecular complexity index is 205. The molecule has 0 spiro atoms. The van der Waals surface area contributed by atoms with E-state index in [0.717, 1.165) is 0 Å². The first kappa shape index (κ1) is 18.6. The van der Waals surface area contributed by atoms with E-state index in [1.54, 1.807) is 24.3 Å². The predicted molar refractivity (Wildman–Crippen MR) is 75.7 cm³/mol. The zero-order valence-corrected chi connectivity index (χ0v) is 10.1. The van der Waals surface area contributed by atoms with Crippen molar-refractivity contribution in [3.05, 3.63) is 30.3 Å². The van der Waals surface area contributed by atoms with Gasteiger partial charge in [0.2, 0.25) is 0 Å². The van der Waals surface area contributed by atoms with Crippen LogP contribution in [0.25, 0.3) is 0 Å². The van der Waals surface area contributed by atoms with Crippen molar-refractivity contribution in [1.82, 2.24) is 0 Å². The third-order valence-corrected chi connectivity index (χ3v) is 2.21. The van der Waals surface area contributed by atoms with E-state index in [9.17, 15) is 0 Å². The van der Waals surface area contributed by atoms with Gasteiger partial charge in [-0.1, -0.05) is 70.6 Å². The molecule has 0 fully saturated rings. The molecule has 0 heterocycles. The Labute approximate surface area is 130 Å². The van der Waals surface area contributed by atoms with Crippen molar-refractivity contribution in [2.24, 2.45) is 0 Å². The molecule has 0 aliphatic carbocycles. The summed E-state index contributed by atoms with van der Waals surface area (Å²) in [6.07, 6.45) is 8.49. The van der Waals surface area contributed by atoms with Crippen molar-refractivity contribution in [2.75, 3.05) is 0 Å². The van der Waals surface area contributed by atoms with Crippen molar-refractivity contribution in [3.63, 3.8) is 0 Å². The summed E-state index contributed by atoms with van der Waals surface area (Å²) in [4.78, 5) is 0. The van der Waals surface area contributed by atoms with Crippen LogP contribution >= 0.6 is 0 Å². The van der Waals surface area contributed by atoms with Gasteiger partial charge in [-0.15, -0.1) is 0 Å². The quantitative estimate of drug-likeness (QED) is 0.622. The Morgan fingerprint density at radius 1 is 0.812 bits per heavy atom. The Morgan fingerprint density at radius 3 is 1.50 bits per heavy atom. The fourth-order valence-corrected chi connectivity index (χ4v) is 1.28. The third-order valence-electron chi connectivity index (χ3n) is 2.21. The molecule has 0 aliphatic heterocycles. The van der Waals surface area contributed by atoms with Gasteiger partial charge >= 0.3 is 37.7 Å². The van der Waals surface area contributed by atoms with E-state index in [2.05, 4.69) is 13.8 Å². The zero-order valence-electron chi connectivity index (χ0n) is 10.1. The molecule has 0 bridgehead atoms. The molecule has 2 heteroatoms. The van der Waals surface area contributed by atoms with E-state index in [0.29, 0.717) is 5.75 Å². The molecule has 0 aliphatic rings. The summed E-state index contributed by atoms with van der Waals surface area (Å²) >= 11 is 0. The third kappa shape index (κ3) is 14.3. The number of hydrogen-bond acceptors (Lipinski definition) is 1. The van der Waals surface area contributed by atoms with E-state index >= 15 is 0 Å². The van der Waals surface area contributed by atoms with Gasteiger partial charge in [0, 0.05) is 0 Å². The summed E-state index contributed by atoms with van der Waals surface area (Å²) in [7, 11) is 0. The van der Waals surface area contributed by atoms with Crippen LogP contribution in [-0.4, -0.2) is 42.8 Å². The van der Waals surface area contributed by atoms with Crippen LogP contribution in [0, 0.1) is 0 Å². The minimum atomic E-state index is 0. The molecule has 1 aromatic rings. The number of phenolic OH excluding ortho intramolecular Hbond substituents is 1. The topological polar surface area (TPSA) is 20.2 Å². The predicted octanol–water partition coefficient (Wildman–Crippen LogP) is 3.84. The molecule has 1 N–H and O–H groups in total. The van der Waals surface area contributed by atoms with E-state index in [1.165, 1.54) is 38.5 Å². The average molecular weight is 250 g/mol. The van der Waals surface area contributed by atoms with Crippen LogP contribution in [0.1, 0.15) is 52.4 Å². The molecule has 0 saturated carbocycles. The number of phenols is 1. The number of aromatic hydroxyl groups is 1. The first-order valence-electron chi connectivity index (χ1n) is 6.05. The summed E-state index contributed by atoms with van der Waals surface area (Å²) < 4.78 is 0. The number of rotatable bonds is 5. The van der Waals surface area contributed by atoms with E-state index in [4.69, 9.17) is 5.11 Å². The molecule has 90 valence electrons. The normalized spacial score (nSPS) is 8.62. The monoisotopic (exact) mass is 250 g/mol. The van der Waals surface area contributed by atoms with Crippen LogP contribution in [0.3, 0.4) is 0 Å². The summed E-state index contributed by atoms with van der Waals surface area (Å²) in [5, 5.41) is 8.63. The summed E-state index contributed by atoms with van der Waals surface area (Å²) in [5.41, 5.74) is 0. The first-order valence-corrected chi connectivity index (χ1v) is 6.05. The molecule has 1 nitrogen and oxygen atoms in total. The Kier molecular flexibility index (Phi) is 17.8. The van der Waals surface area contributed by atoms with Gasteiger partial charge in [0.05, 0.1) is 0 Å². The van der Waals surface area contributed by atoms with E-state index < -0.39 is 0 Å². The zero-order chi connectivity index (χ0) is 11.4. The second-order valence-corrected chi connectivity index (χ2v) is 3.75. The van der Waals surface area contributed by atoms with Gasteiger partial charge < -0.3 is 5.11 Å². The van der Waals surface area contributed by atoms with Crippen molar-refractivity contribution in [2.45, 2.75) is 52.4 Å². The fourth-order valence-electron chi connectivity index (χ4n) is 1.28. The summed E-state index contributed by atoms with van der Waals surface area (Å²) in [6, 6.07) is 8.71. The van der Waals surface area contributed by atoms with Gasteiger partial charge in [0.1, 0.15) is 5.75 Å². The molecule has 0 saturated heterocycles. The van der Waals surface area contributed by atoms with Crippen molar-refractivity contribution < 1.29 is 5.11 Å². The standard InChI is InChI=1S/C8H18.C6H6O.Ca.2H/c1-3-5-7-8-6-4-2;7-6-4-2-1-3-5-6;;;/h3-8H2,1-2H3;1-5,7H;;;. The molecule has 0 aromatic heterocycles. The summed E-state index contributed by atoms with van der Waals surface area (Å²) in [6.45, 7) is 4.51. The second-order valence-electron chi connectivity index (χ2n) is 3.75. The van der Waals surface area contributed by atoms with Crippen LogP contribution in [0.15, 0.2) is 30.3 Å². The number of hydrogen-bond donors (Lipinski definition) is 1. The van der Waals surface area contributed by atoms with Gasteiger partial charge in [-0.05, 0) is 12.1 Å². The van der Waals surface area contributed by atoms with Crippen LogP contribution in [0.4, 0.5) is 0 Å². The van der Waals surface area contributed by atoms with Gasteiger partial charge in [0.15, 0.2) is 0 Å². The molecular weight excluding hydrogens is 224 g/mol. The van der Waals surface area contributed by atoms with Gasteiger partial charge in [-0.2, -0.15) is 0 Å².